The first-order valence-electron chi connectivity index (χ1n) is 6.64. The first-order chi connectivity index (χ1) is 9.61. The van der Waals surface area contributed by atoms with Crippen LogP contribution in [0.1, 0.15) is 28.5 Å². The van der Waals surface area contributed by atoms with Gasteiger partial charge in [0.25, 0.3) is 5.91 Å². The topological polar surface area (TPSA) is 58.1 Å². The van der Waals surface area contributed by atoms with Crippen LogP contribution in [0.4, 0.5) is 17.3 Å². The van der Waals surface area contributed by atoms with Crippen LogP contribution in [-0.4, -0.2) is 22.4 Å². The zero-order valence-electron chi connectivity index (χ0n) is 11.8. The number of nitrogens with zero attached hydrogens (tertiary/aromatic N) is 3. The second kappa shape index (κ2) is 4.59. The van der Waals surface area contributed by atoms with E-state index in [4.69, 9.17) is 0 Å². The third-order valence-corrected chi connectivity index (χ3v) is 3.42. The van der Waals surface area contributed by atoms with Crippen LogP contribution >= 0.6 is 0 Å². The summed E-state index contributed by atoms with van der Waals surface area (Å²) in [4.78, 5) is 23.4. The molecule has 0 aromatic carbocycles. The van der Waals surface area contributed by atoms with Crippen LogP contribution in [0, 0.1) is 13.8 Å². The molecule has 0 saturated carbocycles. The number of aryl methyl sites for hydroxylation is 2. The number of anilines is 3. The van der Waals surface area contributed by atoms with Crippen LogP contribution in [0.15, 0.2) is 24.4 Å². The van der Waals surface area contributed by atoms with Gasteiger partial charge in [0.15, 0.2) is 5.82 Å². The summed E-state index contributed by atoms with van der Waals surface area (Å²) in [6.45, 7) is 6.59. The average molecular weight is 268 g/mol. The molecule has 20 heavy (non-hydrogen) atoms. The summed E-state index contributed by atoms with van der Waals surface area (Å²) in [5.74, 6) is 1.29. The summed E-state index contributed by atoms with van der Waals surface area (Å²) in [7, 11) is 0. The molecular weight excluding hydrogens is 252 g/mol. The lowest BCUT2D eigenvalue weighted by molar-refractivity contribution is 0.102. The second-order valence-corrected chi connectivity index (χ2v) is 4.85. The first-order valence-corrected chi connectivity index (χ1v) is 6.64. The van der Waals surface area contributed by atoms with E-state index in [2.05, 4.69) is 15.3 Å². The van der Waals surface area contributed by atoms with Crippen LogP contribution in [0.2, 0.25) is 0 Å². The van der Waals surface area contributed by atoms with Crippen LogP contribution in [0.3, 0.4) is 0 Å². The summed E-state index contributed by atoms with van der Waals surface area (Å²) in [5.41, 5.74) is 3.16. The van der Waals surface area contributed by atoms with E-state index in [1.807, 2.05) is 43.9 Å². The molecule has 0 spiro atoms. The number of aromatic nitrogens is 2. The Labute approximate surface area is 117 Å². The first kappa shape index (κ1) is 12.6. The van der Waals surface area contributed by atoms with E-state index < -0.39 is 0 Å². The highest BCUT2D eigenvalue weighted by Crippen LogP contribution is 2.35. The monoisotopic (exact) mass is 268 g/mol. The summed E-state index contributed by atoms with van der Waals surface area (Å²) in [5, 5.41) is 2.92. The second-order valence-electron chi connectivity index (χ2n) is 4.85. The van der Waals surface area contributed by atoms with Crippen molar-refractivity contribution < 1.29 is 4.79 Å². The molecule has 0 radical (unpaired) electrons. The van der Waals surface area contributed by atoms with Crippen molar-refractivity contribution >= 4 is 23.2 Å². The molecule has 0 unspecified atom stereocenters. The van der Waals surface area contributed by atoms with Crippen molar-refractivity contribution in [1.29, 1.82) is 0 Å². The quantitative estimate of drug-likeness (QED) is 0.864. The molecule has 1 aliphatic rings. The third kappa shape index (κ3) is 1.82. The zero-order chi connectivity index (χ0) is 14.3. The summed E-state index contributed by atoms with van der Waals surface area (Å²) in [6, 6.07) is 5.60. The molecule has 0 bridgehead atoms. The van der Waals surface area contributed by atoms with Crippen LogP contribution in [0.5, 0.6) is 0 Å². The number of carbonyl (C=O) groups excluding carboxylic acids is 1. The fourth-order valence-electron chi connectivity index (χ4n) is 2.59. The Hall–Kier alpha value is -2.43. The van der Waals surface area contributed by atoms with Crippen molar-refractivity contribution in [1.82, 2.24) is 9.97 Å². The zero-order valence-corrected chi connectivity index (χ0v) is 11.8. The molecule has 3 rings (SSSR count). The normalized spacial score (nSPS) is 13.3. The van der Waals surface area contributed by atoms with E-state index in [1.54, 1.807) is 6.20 Å². The van der Waals surface area contributed by atoms with E-state index in [-0.39, 0.29) is 5.91 Å². The van der Waals surface area contributed by atoms with Gasteiger partial charge in [0.2, 0.25) is 0 Å². The molecular formula is C15H16N4O. The maximum Gasteiger partial charge on any atom is 0.259 e. The lowest BCUT2D eigenvalue weighted by atomic mass is 10.1. The molecule has 1 aliphatic heterocycles. The maximum absolute atomic E-state index is 12.5. The lowest BCUT2D eigenvalue weighted by Gasteiger charge is -2.22. The molecule has 2 aromatic heterocycles. The Bertz CT molecular complexity index is 696. The van der Waals surface area contributed by atoms with Crippen molar-refractivity contribution in [2.45, 2.75) is 20.8 Å². The van der Waals surface area contributed by atoms with Crippen molar-refractivity contribution in [2.24, 2.45) is 0 Å². The number of carbonyl (C=O) groups is 1. The minimum atomic E-state index is -0.129. The van der Waals surface area contributed by atoms with Gasteiger partial charge in [0.05, 0.1) is 11.3 Å². The molecule has 0 atom stereocenters. The van der Waals surface area contributed by atoms with Crippen molar-refractivity contribution in [2.75, 3.05) is 16.8 Å². The molecule has 0 fully saturated rings. The Morgan fingerprint density at radius 3 is 2.85 bits per heavy atom. The minimum absolute atomic E-state index is 0.129. The third-order valence-electron chi connectivity index (χ3n) is 3.42. The van der Waals surface area contributed by atoms with Crippen molar-refractivity contribution in [3.63, 3.8) is 0 Å². The SMILES string of the molecule is CCN1c2ncccc2NC(=O)c2c(C)cc(C)nc21. The Morgan fingerprint density at radius 2 is 2.10 bits per heavy atom. The highest BCUT2D eigenvalue weighted by atomic mass is 16.1. The van der Waals surface area contributed by atoms with Gasteiger partial charge in [-0.1, -0.05) is 0 Å². The minimum Gasteiger partial charge on any atom is -0.319 e. The molecule has 102 valence electrons. The maximum atomic E-state index is 12.5. The summed E-state index contributed by atoms with van der Waals surface area (Å²) < 4.78 is 0. The number of fused-ring (bicyclic) bond motifs is 2. The number of rotatable bonds is 1. The molecule has 0 saturated heterocycles. The molecule has 2 aromatic rings. The van der Waals surface area contributed by atoms with E-state index in [0.717, 1.165) is 22.8 Å². The highest BCUT2D eigenvalue weighted by molar-refractivity contribution is 6.12. The van der Waals surface area contributed by atoms with Gasteiger partial charge in [-0.15, -0.1) is 0 Å². The van der Waals surface area contributed by atoms with Crippen molar-refractivity contribution in [3.8, 4) is 0 Å². The van der Waals surface area contributed by atoms with Crippen LogP contribution < -0.4 is 10.2 Å². The number of pyridine rings is 2. The molecule has 5 nitrogen and oxygen atoms in total. The van der Waals surface area contributed by atoms with Gasteiger partial charge in [-0.05, 0) is 44.5 Å². The van der Waals surface area contributed by atoms with E-state index in [0.29, 0.717) is 17.9 Å². The fraction of sp³-hybridized carbons (Fsp3) is 0.267. The van der Waals surface area contributed by atoms with Crippen molar-refractivity contribution in [3.05, 3.63) is 41.2 Å². The van der Waals surface area contributed by atoms with Crippen LogP contribution in [0.25, 0.3) is 0 Å². The number of amides is 1. The Kier molecular flexibility index (Phi) is 2.89. The largest absolute Gasteiger partial charge is 0.319 e. The number of hydrogen-bond donors (Lipinski definition) is 1. The van der Waals surface area contributed by atoms with E-state index in [1.165, 1.54) is 0 Å². The number of hydrogen-bond acceptors (Lipinski definition) is 4. The molecule has 1 N–H and O–H groups in total. The number of nitrogens with one attached hydrogen (secondary N) is 1. The molecule has 3 heterocycles. The van der Waals surface area contributed by atoms with Crippen LogP contribution in [-0.2, 0) is 0 Å². The van der Waals surface area contributed by atoms with Gasteiger partial charge < -0.3 is 10.2 Å². The standard InChI is InChI=1S/C15H16N4O/c1-4-19-13-11(6-5-7-16-13)18-15(20)12-9(2)8-10(3)17-14(12)19/h5-8H,4H2,1-3H3,(H,18,20). The van der Waals surface area contributed by atoms with Gasteiger partial charge in [-0.3, -0.25) is 4.79 Å². The van der Waals surface area contributed by atoms with E-state index >= 15 is 0 Å². The molecule has 0 aliphatic carbocycles. The average Bonchev–Trinajstić information content (AvgIpc) is 2.51. The Morgan fingerprint density at radius 1 is 1.30 bits per heavy atom. The van der Waals surface area contributed by atoms with Gasteiger partial charge in [0.1, 0.15) is 5.82 Å². The fourth-order valence-corrected chi connectivity index (χ4v) is 2.59. The van der Waals surface area contributed by atoms with E-state index in [9.17, 15) is 4.79 Å². The molecule has 1 amide bonds. The van der Waals surface area contributed by atoms with Gasteiger partial charge in [-0.25, -0.2) is 9.97 Å². The molecule has 5 heteroatoms. The summed E-state index contributed by atoms with van der Waals surface area (Å²) in [6.07, 6.45) is 1.72. The predicted molar refractivity (Wildman–Crippen MR) is 78.6 cm³/mol. The highest BCUT2D eigenvalue weighted by Gasteiger charge is 2.28. The smallest absolute Gasteiger partial charge is 0.259 e. The van der Waals surface area contributed by atoms with Gasteiger partial charge in [0, 0.05) is 18.4 Å². The van der Waals surface area contributed by atoms with Gasteiger partial charge in [-0.2, -0.15) is 0 Å². The lowest BCUT2D eigenvalue weighted by Crippen LogP contribution is -2.20. The van der Waals surface area contributed by atoms with Gasteiger partial charge >= 0.3 is 0 Å². The Balaban J connectivity index is 2.32. The predicted octanol–water partition coefficient (Wildman–Crippen LogP) is 2.82. The summed E-state index contributed by atoms with van der Waals surface area (Å²) >= 11 is 0.